The largest absolute Gasteiger partial charge is 0.459 e. The van der Waals surface area contributed by atoms with Gasteiger partial charge >= 0.3 is 0 Å². The lowest BCUT2D eigenvalue weighted by Gasteiger charge is -2.21. The molecule has 0 aliphatic heterocycles. The lowest BCUT2D eigenvalue weighted by molar-refractivity contribution is 0.0996. The molecule has 0 saturated carbocycles. The fraction of sp³-hybridized carbons (Fsp3) is 0.304. The molecule has 0 saturated heterocycles. The van der Waals surface area contributed by atoms with Crippen LogP contribution in [0.15, 0.2) is 47.1 Å². The van der Waals surface area contributed by atoms with E-state index < -0.39 is 0 Å². The highest BCUT2D eigenvalue weighted by Crippen LogP contribution is 2.36. The van der Waals surface area contributed by atoms with Gasteiger partial charge in [0.15, 0.2) is 5.76 Å². The van der Waals surface area contributed by atoms with Gasteiger partial charge in [0.2, 0.25) is 0 Å². The fourth-order valence-corrected chi connectivity index (χ4v) is 3.35. The molecular weight excluding hydrogens is 350 g/mol. The van der Waals surface area contributed by atoms with Crippen molar-refractivity contribution in [3.8, 4) is 11.1 Å². The second kappa shape index (κ2) is 8.40. The maximum atomic E-state index is 12.7. The summed E-state index contributed by atoms with van der Waals surface area (Å²) >= 11 is 0. The number of rotatable bonds is 6. The van der Waals surface area contributed by atoms with Gasteiger partial charge in [0, 0.05) is 17.8 Å². The van der Waals surface area contributed by atoms with Crippen LogP contribution in [0.5, 0.6) is 0 Å². The zero-order chi connectivity index (χ0) is 20.3. The number of amides is 1. The molecule has 3 rings (SSSR count). The van der Waals surface area contributed by atoms with E-state index in [1.54, 1.807) is 12.1 Å². The van der Waals surface area contributed by atoms with Crippen molar-refractivity contribution in [3.05, 3.63) is 70.9 Å². The first-order chi connectivity index (χ1) is 13.4. The van der Waals surface area contributed by atoms with Crippen LogP contribution >= 0.6 is 0 Å². The quantitative estimate of drug-likeness (QED) is 0.642. The number of anilines is 1. The second-order valence-electron chi connectivity index (χ2n) is 7.47. The van der Waals surface area contributed by atoms with E-state index in [9.17, 15) is 4.79 Å². The summed E-state index contributed by atoms with van der Waals surface area (Å²) in [6.45, 7) is 8.64. The summed E-state index contributed by atoms with van der Waals surface area (Å²) in [5, 5.41) is 3.00. The van der Waals surface area contributed by atoms with Crippen molar-refractivity contribution in [1.29, 1.82) is 0 Å². The van der Waals surface area contributed by atoms with E-state index in [4.69, 9.17) is 15.1 Å². The number of nitrogens with two attached hydrogens (primary N) is 1. The molecule has 0 bridgehead atoms. The summed E-state index contributed by atoms with van der Waals surface area (Å²) < 4.78 is 5.24. The number of hydrogen-bond acceptors (Lipinski definition) is 4. The highest BCUT2D eigenvalue weighted by molar-refractivity contribution is 6.05. The molecule has 0 aliphatic carbocycles. The number of benzene rings is 1. The molecule has 0 atom stereocenters. The first-order valence-electron chi connectivity index (χ1n) is 9.55. The number of carbonyl (C=O) groups is 1. The maximum Gasteiger partial charge on any atom is 0.291 e. The van der Waals surface area contributed by atoms with Crippen LogP contribution in [0.2, 0.25) is 0 Å². The Morgan fingerprint density at radius 2 is 1.89 bits per heavy atom. The molecule has 1 aromatic carbocycles. The van der Waals surface area contributed by atoms with Crippen LogP contribution in [-0.4, -0.2) is 10.9 Å². The summed E-state index contributed by atoms with van der Waals surface area (Å²) in [5.41, 5.74) is 12.7. The summed E-state index contributed by atoms with van der Waals surface area (Å²) in [7, 11) is 0. The van der Waals surface area contributed by atoms with Crippen LogP contribution in [0.25, 0.3) is 11.1 Å². The van der Waals surface area contributed by atoms with E-state index in [0.717, 1.165) is 34.5 Å². The molecule has 0 unspecified atom stereocenters. The minimum absolute atomic E-state index is 0.259. The lowest BCUT2D eigenvalue weighted by atomic mass is 9.92. The lowest BCUT2D eigenvalue weighted by Crippen LogP contribution is -2.17. The number of carbonyl (C=O) groups excluding carboxylic acids is 1. The van der Waals surface area contributed by atoms with E-state index in [2.05, 4.69) is 50.4 Å². The van der Waals surface area contributed by atoms with Crippen LogP contribution in [0.4, 0.5) is 5.69 Å². The summed E-state index contributed by atoms with van der Waals surface area (Å²) in [5.74, 6) is 0.407. The average Bonchev–Trinajstić information content (AvgIpc) is 3.18. The monoisotopic (exact) mass is 377 g/mol. The van der Waals surface area contributed by atoms with Gasteiger partial charge in [-0.25, -0.2) is 0 Å². The Labute approximate surface area is 166 Å². The smallest absolute Gasteiger partial charge is 0.291 e. The third kappa shape index (κ3) is 4.15. The molecular formula is C23H27N3O2. The third-order valence-electron chi connectivity index (χ3n) is 4.69. The molecule has 1 amide bonds. The third-order valence-corrected chi connectivity index (χ3v) is 4.69. The highest BCUT2D eigenvalue weighted by atomic mass is 16.3. The standard InChI is InChI=1S/C23H27N3O2/c1-14(2)12-19-18(13-24)21(17-9-7-15(3)8-10-17)22(16(4)25-19)26-23(27)20-6-5-11-28-20/h5-11,14H,12-13,24H2,1-4H3,(H,26,27). The van der Waals surface area contributed by atoms with Gasteiger partial charge in [-0.2, -0.15) is 0 Å². The van der Waals surface area contributed by atoms with E-state index in [1.165, 1.54) is 11.8 Å². The van der Waals surface area contributed by atoms with Gasteiger partial charge in [-0.3, -0.25) is 9.78 Å². The first-order valence-corrected chi connectivity index (χ1v) is 9.55. The van der Waals surface area contributed by atoms with Crippen molar-refractivity contribution in [2.24, 2.45) is 11.7 Å². The minimum Gasteiger partial charge on any atom is -0.459 e. The van der Waals surface area contributed by atoms with E-state index in [1.807, 2.05) is 6.92 Å². The summed E-state index contributed by atoms with van der Waals surface area (Å²) in [6, 6.07) is 11.6. The van der Waals surface area contributed by atoms with Gasteiger partial charge in [-0.05, 0) is 49.4 Å². The normalized spacial score (nSPS) is 11.1. The molecule has 3 aromatic rings. The Bertz CT molecular complexity index is 959. The van der Waals surface area contributed by atoms with E-state index in [0.29, 0.717) is 18.2 Å². The fourth-order valence-electron chi connectivity index (χ4n) is 3.35. The zero-order valence-electron chi connectivity index (χ0n) is 16.9. The van der Waals surface area contributed by atoms with Crippen molar-refractivity contribution < 1.29 is 9.21 Å². The first kappa shape index (κ1) is 19.8. The van der Waals surface area contributed by atoms with Crippen molar-refractivity contribution in [3.63, 3.8) is 0 Å². The molecule has 5 heteroatoms. The second-order valence-corrected chi connectivity index (χ2v) is 7.47. The predicted octanol–water partition coefficient (Wildman–Crippen LogP) is 4.87. The number of aryl methyl sites for hydroxylation is 2. The Morgan fingerprint density at radius 3 is 2.46 bits per heavy atom. The van der Waals surface area contributed by atoms with Crippen LogP contribution in [-0.2, 0) is 13.0 Å². The molecule has 146 valence electrons. The topological polar surface area (TPSA) is 81.1 Å². The zero-order valence-corrected chi connectivity index (χ0v) is 16.9. The van der Waals surface area contributed by atoms with Crippen LogP contribution in [0.3, 0.4) is 0 Å². The van der Waals surface area contributed by atoms with Gasteiger partial charge in [-0.1, -0.05) is 43.7 Å². The number of furan rings is 1. The molecule has 2 heterocycles. The van der Waals surface area contributed by atoms with Crippen molar-refractivity contribution in [1.82, 2.24) is 4.98 Å². The molecule has 0 fully saturated rings. The highest BCUT2D eigenvalue weighted by Gasteiger charge is 2.21. The molecule has 2 aromatic heterocycles. The summed E-state index contributed by atoms with van der Waals surface area (Å²) in [6.07, 6.45) is 2.32. The van der Waals surface area contributed by atoms with Gasteiger partial charge in [0.25, 0.3) is 5.91 Å². The molecule has 0 aliphatic rings. The molecule has 28 heavy (non-hydrogen) atoms. The number of aromatic nitrogens is 1. The number of nitrogens with one attached hydrogen (secondary N) is 1. The number of pyridine rings is 1. The molecule has 3 N–H and O–H groups in total. The Kier molecular flexibility index (Phi) is 5.95. The summed E-state index contributed by atoms with van der Waals surface area (Å²) in [4.78, 5) is 17.5. The average molecular weight is 377 g/mol. The van der Waals surface area contributed by atoms with Crippen molar-refractivity contribution in [2.45, 2.75) is 40.7 Å². The Balaban J connectivity index is 2.19. The van der Waals surface area contributed by atoms with E-state index in [-0.39, 0.29) is 11.7 Å². The van der Waals surface area contributed by atoms with E-state index >= 15 is 0 Å². The Hall–Kier alpha value is -2.92. The van der Waals surface area contributed by atoms with Crippen molar-refractivity contribution >= 4 is 11.6 Å². The Morgan fingerprint density at radius 1 is 1.18 bits per heavy atom. The van der Waals surface area contributed by atoms with Gasteiger partial charge < -0.3 is 15.5 Å². The maximum absolute atomic E-state index is 12.7. The molecule has 0 radical (unpaired) electrons. The predicted molar refractivity (Wildman–Crippen MR) is 112 cm³/mol. The number of nitrogens with zero attached hydrogens (tertiary/aromatic N) is 1. The minimum atomic E-state index is -0.303. The SMILES string of the molecule is Cc1ccc(-c2c(CN)c(CC(C)C)nc(C)c2NC(=O)c2ccco2)cc1. The van der Waals surface area contributed by atoms with Gasteiger partial charge in [-0.15, -0.1) is 0 Å². The van der Waals surface area contributed by atoms with Crippen LogP contribution in [0.1, 0.15) is 46.9 Å². The number of hydrogen-bond donors (Lipinski definition) is 2. The van der Waals surface area contributed by atoms with Crippen molar-refractivity contribution in [2.75, 3.05) is 5.32 Å². The van der Waals surface area contributed by atoms with Crippen LogP contribution < -0.4 is 11.1 Å². The molecule has 5 nitrogen and oxygen atoms in total. The van der Waals surface area contributed by atoms with Gasteiger partial charge in [0.05, 0.1) is 17.6 Å². The van der Waals surface area contributed by atoms with Crippen LogP contribution in [0, 0.1) is 19.8 Å². The molecule has 0 spiro atoms. The van der Waals surface area contributed by atoms with Gasteiger partial charge in [0.1, 0.15) is 0 Å².